The number of amides is 4. The number of carbonyl (C=O) groups excluding carboxylic acids is 3. The Kier molecular flexibility index (Phi) is 8.26. The Hall–Kier alpha value is -4.09. The summed E-state index contributed by atoms with van der Waals surface area (Å²) in [6.45, 7) is -0.316. The molecule has 0 saturated carbocycles. The van der Waals surface area contributed by atoms with Crippen molar-refractivity contribution >= 4 is 17.8 Å². The molecule has 5 atom stereocenters. The highest BCUT2D eigenvalue weighted by molar-refractivity contribution is 6.04. The van der Waals surface area contributed by atoms with Gasteiger partial charge in [-0.25, -0.2) is 4.79 Å². The van der Waals surface area contributed by atoms with Crippen LogP contribution in [0.15, 0.2) is 84.9 Å². The van der Waals surface area contributed by atoms with Crippen LogP contribution in [0.3, 0.4) is 0 Å². The van der Waals surface area contributed by atoms with E-state index in [-0.39, 0.29) is 12.1 Å². The number of nitrogens with one attached hydrogen (secondary N) is 3. The van der Waals surface area contributed by atoms with E-state index < -0.39 is 48.5 Å². The smallest absolute Gasteiger partial charge is 0.321 e. The maximum absolute atomic E-state index is 12.8. The van der Waals surface area contributed by atoms with Gasteiger partial charge in [-0.2, -0.15) is 0 Å². The first kappa shape index (κ1) is 26.0. The van der Waals surface area contributed by atoms with Gasteiger partial charge in [-0.15, -0.1) is 0 Å². The number of hydrogen-bond donors (Lipinski definition) is 6. The Morgan fingerprint density at radius 1 is 0.730 bits per heavy atom. The molecule has 0 radical (unpaired) electrons. The van der Waals surface area contributed by atoms with Crippen LogP contribution in [-0.4, -0.2) is 70.4 Å². The van der Waals surface area contributed by atoms with E-state index >= 15 is 0 Å². The second-order valence-electron chi connectivity index (χ2n) is 8.52. The zero-order chi connectivity index (χ0) is 26.4. The third-order valence-corrected chi connectivity index (χ3v) is 5.98. The number of rotatable bonds is 6. The number of aliphatic hydroxyl groups is 3. The molecule has 1 aliphatic heterocycles. The topological polar surface area (TPSA) is 157 Å². The molecule has 4 rings (SSSR count). The van der Waals surface area contributed by atoms with Crippen molar-refractivity contribution in [3.8, 4) is 11.1 Å². The first-order valence-corrected chi connectivity index (χ1v) is 11.6. The minimum absolute atomic E-state index is 0.283. The van der Waals surface area contributed by atoms with E-state index in [9.17, 15) is 29.7 Å². The minimum atomic E-state index is -1.67. The second kappa shape index (κ2) is 11.8. The first-order valence-electron chi connectivity index (χ1n) is 11.6. The van der Waals surface area contributed by atoms with Gasteiger partial charge in [0.25, 0.3) is 11.8 Å². The lowest BCUT2D eigenvalue weighted by atomic mass is 9.96. The molecule has 1 aliphatic rings. The average molecular weight is 506 g/mol. The summed E-state index contributed by atoms with van der Waals surface area (Å²) in [5.74, 6) is -1.20. The number of urea groups is 1. The van der Waals surface area contributed by atoms with Crippen LogP contribution < -0.4 is 16.0 Å². The molecule has 0 aromatic heterocycles. The molecule has 1 saturated heterocycles. The summed E-state index contributed by atoms with van der Waals surface area (Å²) in [7, 11) is 0. The van der Waals surface area contributed by atoms with Gasteiger partial charge in [-0.3, -0.25) is 14.9 Å². The summed E-state index contributed by atoms with van der Waals surface area (Å²) in [4.78, 5) is 37.0. The molecule has 1 fully saturated rings. The average Bonchev–Trinajstić information content (AvgIpc) is 2.93. The van der Waals surface area contributed by atoms with Gasteiger partial charge in [0.15, 0.2) is 6.29 Å². The Morgan fingerprint density at radius 3 is 2.05 bits per heavy atom. The Labute approximate surface area is 212 Å². The summed E-state index contributed by atoms with van der Waals surface area (Å²) < 4.78 is 5.35. The predicted molar refractivity (Wildman–Crippen MR) is 133 cm³/mol. The van der Waals surface area contributed by atoms with Crippen molar-refractivity contribution < 1.29 is 34.4 Å². The number of imide groups is 1. The molecule has 10 nitrogen and oxygen atoms in total. The Bertz CT molecular complexity index is 1240. The standard InChI is InChI=1S/C27H27N3O7/c31-22-20(15-28-27(36)30-24(33)17-10-5-2-6-11-17)37-26(35)21(23(22)32)29-25(34)19-13-7-12-18(14-19)16-8-3-1-4-9-16/h1-14,20-23,26,31-32,35H,15H2,(H,29,34)(H2,28,30,33,36)/t20-,21-,22-,23?,26?/m1/s1. The largest absolute Gasteiger partial charge is 0.388 e. The van der Waals surface area contributed by atoms with Gasteiger partial charge in [0.05, 0.1) is 0 Å². The van der Waals surface area contributed by atoms with E-state index in [2.05, 4.69) is 16.0 Å². The molecule has 10 heteroatoms. The van der Waals surface area contributed by atoms with Crippen molar-refractivity contribution in [1.82, 2.24) is 16.0 Å². The zero-order valence-corrected chi connectivity index (χ0v) is 19.7. The van der Waals surface area contributed by atoms with Crippen molar-refractivity contribution in [3.05, 3.63) is 96.1 Å². The lowest BCUT2D eigenvalue weighted by Crippen LogP contribution is -2.65. The molecule has 0 bridgehead atoms. The quantitative estimate of drug-likeness (QED) is 0.292. The van der Waals surface area contributed by atoms with Gasteiger partial charge < -0.3 is 30.7 Å². The number of benzene rings is 3. The van der Waals surface area contributed by atoms with Crippen LogP contribution in [0.4, 0.5) is 4.79 Å². The third-order valence-electron chi connectivity index (χ3n) is 5.98. The molecule has 0 spiro atoms. The van der Waals surface area contributed by atoms with Crippen LogP contribution in [0.2, 0.25) is 0 Å². The van der Waals surface area contributed by atoms with E-state index in [1.54, 1.807) is 36.4 Å². The molecule has 192 valence electrons. The van der Waals surface area contributed by atoms with E-state index in [1.807, 2.05) is 36.4 Å². The Morgan fingerprint density at radius 2 is 1.35 bits per heavy atom. The van der Waals surface area contributed by atoms with Crippen molar-refractivity contribution in [2.45, 2.75) is 30.6 Å². The summed E-state index contributed by atoms with van der Waals surface area (Å²) in [6, 6.07) is 22.2. The van der Waals surface area contributed by atoms with E-state index in [1.165, 1.54) is 12.1 Å². The SMILES string of the molecule is O=C(NC[C@H]1OC(O)[C@H](NC(=O)c2cccc(-c3ccccc3)c2)C(O)[C@@H]1O)NC(=O)c1ccccc1. The van der Waals surface area contributed by atoms with Crippen LogP contribution in [0, 0.1) is 0 Å². The van der Waals surface area contributed by atoms with Crippen LogP contribution >= 0.6 is 0 Å². The molecule has 3 aromatic carbocycles. The fourth-order valence-electron chi connectivity index (χ4n) is 3.98. The molecule has 37 heavy (non-hydrogen) atoms. The summed E-state index contributed by atoms with van der Waals surface area (Å²) in [5, 5.41) is 38.5. The monoisotopic (exact) mass is 505 g/mol. The molecule has 0 aliphatic carbocycles. The van der Waals surface area contributed by atoms with E-state index in [0.29, 0.717) is 5.56 Å². The number of carbonyl (C=O) groups is 3. The van der Waals surface area contributed by atoms with Crippen LogP contribution in [0.5, 0.6) is 0 Å². The number of ether oxygens (including phenoxy) is 1. The molecule has 2 unspecified atom stereocenters. The lowest BCUT2D eigenvalue weighted by molar-refractivity contribution is -0.243. The number of aliphatic hydroxyl groups excluding tert-OH is 3. The number of hydrogen-bond acceptors (Lipinski definition) is 7. The Balaban J connectivity index is 1.33. The molecule has 1 heterocycles. The lowest BCUT2D eigenvalue weighted by Gasteiger charge is -2.41. The predicted octanol–water partition coefficient (Wildman–Crippen LogP) is 1.03. The van der Waals surface area contributed by atoms with Gasteiger partial charge in [0.1, 0.15) is 24.4 Å². The molecular weight excluding hydrogens is 478 g/mol. The van der Waals surface area contributed by atoms with Gasteiger partial charge in [0, 0.05) is 17.7 Å². The highest BCUT2D eigenvalue weighted by atomic mass is 16.6. The minimum Gasteiger partial charge on any atom is -0.388 e. The molecule has 3 aromatic rings. The fraction of sp³-hybridized carbons (Fsp3) is 0.222. The molecular formula is C27H27N3O7. The van der Waals surface area contributed by atoms with E-state index in [0.717, 1.165) is 11.1 Å². The fourth-order valence-corrected chi connectivity index (χ4v) is 3.98. The van der Waals surface area contributed by atoms with Crippen molar-refractivity contribution in [1.29, 1.82) is 0 Å². The molecule has 4 amide bonds. The van der Waals surface area contributed by atoms with Crippen LogP contribution in [-0.2, 0) is 4.74 Å². The molecule has 6 N–H and O–H groups in total. The van der Waals surface area contributed by atoms with Gasteiger partial charge in [0.2, 0.25) is 0 Å². The van der Waals surface area contributed by atoms with Gasteiger partial charge in [-0.1, -0.05) is 60.7 Å². The van der Waals surface area contributed by atoms with Gasteiger partial charge >= 0.3 is 6.03 Å². The highest BCUT2D eigenvalue weighted by Crippen LogP contribution is 2.22. The highest BCUT2D eigenvalue weighted by Gasteiger charge is 2.44. The third kappa shape index (κ3) is 6.38. The van der Waals surface area contributed by atoms with Crippen molar-refractivity contribution in [2.75, 3.05) is 6.54 Å². The van der Waals surface area contributed by atoms with Gasteiger partial charge in [-0.05, 0) is 35.4 Å². The second-order valence-corrected chi connectivity index (χ2v) is 8.52. The zero-order valence-electron chi connectivity index (χ0n) is 19.7. The summed E-state index contributed by atoms with van der Waals surface area (Å²) in [5.41, 5.74) is 2.30. The maximum Gasteiger partial charge on any atom is 0.321 e. The van der Waals surface area contributed by atoms with E-state index in [4.69, 9.17) is 4.74 Å². The first-order chi connectivity index (χ1) is 17.8. The summed E-state index contributed by atoms with van der Waals surface area (Å²) >= 11 is 0. The van der Waals surface area contributed by atoms with Crippen molar-refractivity contribution in [2.24, 2.45) is 0 Å². The summed E-state index contributed by atoms with van der Waals surface area (Å²) in [6.07, 6.45) is -6.00. The van der Waals surface area contributed by atoms with Crippen LogP contribution in [0.1, 0.15) is 20.7 Å². The van der Waals surface area contributed by atoms with Crippen LogP contribution in [0.25, 0.3) is 11.1 Å². The van der Waals surface area contributed by atoms with Crippen molar-refractivity contribution in [3.63, 3.8) is 0 Å². The maximum atomic E-state index is 12.8. The normalized spacial score (nSPS) is 23.1.